The summed E-state index contributed by atoms with van der Waals surface area (Å²) < 4.78 is 5.72. The first-order chi connectivity index (χ1) is 9.31. The molecule has 0 aliphatic rings. The molecule has 2 heterocycles. The van der Waals surface area contributed by atoms with E-state index in [1.165, 1.54) is 0 Å². The van der Waals surface area contributed by atoms with Crippen molar-refractivity contribution in [2.75, 3.05) is 5.32 Å². The van der Waals surface area contributed by atoms with Crippen LogP contribution in [0.2, 0.25) is 5.02 Å². The highest BCUT2D eigenvalue weighted by molar-refractivity contribution is 6.30. The van der Waals surface area contributed by atoms with Gasteiger partial charge in [0, 0.05) is 10.6 Å². The largest absolute Gasteiger partial charge is 0.459 e. The molecule has 20 heavy (non-hydrogen) atoms. The van der Waals surface area contributed by atoms with Crippen LogP contribution in [0.15, 0.2) is 40.8 Å². The fourth-order valence-corrected chi connectivity index (χ4v) is 1.86. The summed E-state index contributed by atoms with van der Waals surface area (Å²) >= 11 is 5.95. The highest BCUT2D eigenvalue weighted by Crippen LogP contribution is 2.24. The number of tetrazole rings is 1. The van der Waals surface area contributed by atoms with Crippen LogP contribution in [0.5, 0.6) is 0 Å². The molecule has 104 valence electrons. The molecule has 0 unspecified atom stereocenters. The Morgan fingerprint density at radius 3 is 2.90 bits per heavy atom. The van der Waals surface area contributed by atoms with E-state index in [-0.39, 0.29) is 12.4 Å². The number of rotatable bonds is 4. The lowest BCUT2D eigenvalue weighted by atomic mass is 10.2. The predicted molar refractivity (Wildman–Crippen MR) is 77.9 cm³/mol. The van der Waals surface area contributed by atoms with Crippen LogP contribution in [0.3, 0.4) is 0 Å². The van der Waals surface area contributed by atoms with Crippen molar-refractivity contribution in [2.45, 2.75) is 6.54 Å². The molecule has 0 spiro atoms. The number of H-pyrrole nitrogens is 1. The van der Waals surface area contributed by atoms with Crippen molar-refractivity contribution < 1.29 is 4.42 Å². The van der Waals surface area contributed by atoms with Crippen molar-refractivity contribution in [3.05, 3.63) is 47.2 Å². The number of aromatic amines is 1. The summed E-state index contributed by atoms with van der Waals surface area (Å²) in [6.45, 7) is 0.486. The monoisotopic (exact) mass is 311 g/mol. The van der Waals surface area contributed by atoms with E-state index in [1.807, 2.05) is 36.4 Å². The number of anilines is 1. The first-order valence-electron chi connectivity index (χ1n) is 5.63. The molecular formula is C12H11Cl2N5O. The van der Waals surface area contributed by atoms with Crippen molar-refractivity contribution in [3.8, 4) is 11.3 Å². The molecule has 3 rings (SSSR count). The normalized spacial score (nSPS) is 10.1. The van der Waals surface area contributed by atoms with Crippen LogP contribution in [-0.4, -0.2) is 20.6 Å². The van der Waals surface area contributed by atoms with Gasteiger partial charge in [0.05, 0.1) is 6.54 Å². The SMILES string of the molecule is Cl.Clc1cccc(-c2ccc(CNc3nn[nH]n3)o2)c1. The molecule has 1 aromatic carbocycles. The Bertz CT molecular complexity index is 668. The second-order valence-corrected chi connectivity index (χ2v) is 4.30. The molecule has 3 aromatic rings. The van der Waals surface area contributed by atoms with E-state index in [2.05, 4.69) is 25.9 Å². The second kappa shape index (κ2) is 6.40. The van der Waals surface area contributed by atoms with Crippen LogP contribution in [0.25, 0.3) is 11.3 Å². The van der Waals surface area contributed by atoms with Gasteiger partial charge in [-0.1, -0.05) is 28.8 Å². The second-order valence-electron chi connectivity index (χ2n) is 3.87. The molecule has 0 atom stereocenters. The van der Waals surface area contributed by atoms with E-state index in [4.69, 9.17) is 16.0 Å². The van der Waals surface area contributed by atoms with E-state index < -0.39 is 0 Å². The Morgan fingerprint density at radius 1 is 1.25 bits per heavy atom. The number of nitrogens with one attached hydrogen (secondary N) is 2. The lowest BCUT2D eigenvalue weighted by Crippen LogP contribution is -1.99. The Kier molecular flexibility index (Phi) is 4.60. The number of nitrogens with zero attached hydrogens (tertiary/aromatic N) is 3. The molecule has 8 heteroatoms. The summed E-state index contributed by atoms with van der Waals surface area (Å²) in [5.41, 5.74) is 0.943. The molecule has 2 N–H and O–H groups in total. The maximum Gasteiger partial charge on any atom is 0.263 e. The smallest absolute Gasteiger partial charge is 0.263 e. The first-order valence-corrected chi connectivity index (χ1v) is 6.01. The van der Waals surface area contributed by atoms with Crippen molar-refractivity contribution in [3.63, 3.8) is 0 Å². The zero-order valence-electron chi connectivity index (χ0n) is 10.2. The number of furan rings is 1. The molecule has 0 bridgehead atoms. The van der Waals surface area contributed by atoms with Gasteiger partial charge < -0.3 is 9.73 Å². The van der Waals surface area contributed by atoms with Gasteiger partial charge in [-0.3, -0.25) is 0 Å². The zero-order valence-corrected chi connectivity index (χ0v) is 11.8. The summed E-state index contributed by atoms with van der Waals surface area (Å²) in [6, 6.07) is 11.3. The van der Waals surface area contributed by atoms with Gasteiger partial charge in [-0.05, 0) is 29.5 Å². The summed E-state index contributed by atoms with van der Waals surface area (Å²) in [4.78, 5) is 0. The molecular weight excluding hydrogens is 301 g/mol. The number of hydrogen-bond acceptors (Lipinski definition) is 5. The maximum absolute atomic E-state index is 5.95. The zero-order chi connectivity index (χ0) is 13.1. The standard InChI is InChI=1S/C12H10ClN5O.ClH/c13-9-3-1-2-8(6-9)11-5-4-10(19-11)7-14-12-15-17-18-16-12;/h1-6H,7H2,(H2,14,15,16,17,18);1H. The van der Waals surface area contributed by atoms with Crippen LogP contribution >= 0.6 is 24.0 Å². The van der Waals surface area contributed by atoms with Crippen LogP contribution in [0.4, 0.5) is 5.95 Å². The predicted octanol–water partition coefficient (Wildman–Crippen LogP) is 3.15. The average molecular weight is 312 g/mol. The summed E-state index contributed by atoms with van der Waals surface area (Å²) in [5, 5.41) is 17.1. The van der Waals surface area contributed by atoms with E-state index in [1.54, 1.807) is 0 Å². The number of hydrogen-bond donors (Lipinski definition) is 2. The van der Waals surface area contributed by atoms with Crippen LogP contribution in [-0.2, 0) is 6.54 Å². The van der Waals surface area contributed by atoms with Crippen LogP contribution in [0, 0.1) is 0 Å². The number of benzene rings is 1. The number of halogens is 2. The van der Waals surface area contributed by atoms with E-state index in [0.717, 1.165) is 17.1 Å². The average Bonchev–Trinajstić information content (AvgIpc) is 3.08. The van der Waals surface area contributed by atoms with E-state index in [0.29, 0.717) is 17.5 Å². The first kappa shape index (κ1) is 14.4. The highest BCUT2D eigenvalue weighted by Gasteiger charge is 2.06. The fraction of sp³-hybridized carbons (Fsp3) is 0.0833. The van der Waals surface area contributed by atoms with Gasteiger partial charge in [0.1, 0.15) is 11.5 Å². The minimum absolute atomic E-state index is 0. The molecule has 0 saturated carbocycles. The Labute approximate surface area is 125 Å². The third-order valence-electron chi connectivity index (χ3n) is 2.54. The molecule has 0 saturated heterocycles. The quantitative estimate of drug-likeness (QED) is 0.773. The summed E-state index contributed by atoms with van der Waals surface area (Å²) in [7, 11) is 0. The molecule has 0 amide bonds. The Hall–Kier alpha value is -2.05. The van der Waals surface area contributed by atoms with Crippen molar-refractivity contribution in [1.29, 1.82) is 0 Å². The van der Waals surface area contributed by atoms with Crippen molar-refractivity contribution >= 4 is 30.0 Å². The van der Waals surface area contributed by atoms with Gasteiger partial charge in [-0.25, -0.2) is 0 Å². The molecule has 0 radical (unpaired) electrons. The van der Waals surface area contributed by atoms with Crippen LogP contribution in [0.1, 0.15) is 5.76 Å². The lowest BCUT2D eigenvalue weighted by molar-refractivity contribution is 0.531. The van der Waals surface area contributed by atoms with Gasteiger partial charge in [0.2, 0.25) is 0 Å². The minimum Gasteiger partial charge on any atom is -0.459 e. The summed E-state index contributed by atoms with van der Waals surface area (Å²) in [5.74, 6) is 1.98. The summed E-state index contributed by atoms with van der Waals surface area (Å²) in [6.07, 6.45) is 0. The Morgan fingerprint density at radius 2 is 2.15 bits per heavy atom. The van der Waals surface area contributed by atoms with Crippen molar-refractivity contribution in [1.82, 2.24) is 20.6 Å². The third kappa shape index (κ3) is 3.28. The maximum atomic E-state index is 5.95. The van der Waals surface area contributed by atoms with Gasteiger partial charge in [0.25, 0.3) is 5.95 Å². The number of aromatic nitrogens is 4. The van der Waals surface area contributed by atoms with Crippen LogP contribution < -0.4 is 5.32 Å². The lowest BCUT2D eigenvalue weighted by Gasteiger charge is -1.99. The third-order valence-corrected chi connectivity index (χ3v) is 2.77. The van der Waals surface area contributed by atoms with Gasteiger partial charge in [0.15, 0.2) is 0 Å². The van der Waals surface area contributed by atoms with Gasteiger partial charge >= 0.3 is 0 Å². The molecule has 0 aliphatic heterocycles. The van der Waals surface area contributed by atoms with E-state index >= 15 is 0 Å². The fourth-order valence-electron chi connectivity index (χ4n) is 1.67. The van der Waals surface area contributed by atoms with Gasteiger partial charge in [-0.15, -0.1) is 17.5 Å². The van der Waals surface area contributed by atoms with Crippen molar-refractivity contribution in [2.24, 2.45) is 0 Å². The molecule has 2 aromatic heterocycles. The highest BCUT2D eigenvalue weighted by atomic mass is 35.5. The topological polar surface area (TPSA) is 79.6 Å². The Balaban J connectivity index is 0.00000147. The van der Waals surface area contributed by atoms with E-state index in [9.17, 15) is 0 Å². The minimum atomic E-state index is 0. The molecule has 6 nitrogen and oxygen atoms in total. The molecule has 0 fully saturated rings. The molecule has 0 aliphatic carbocycles. The van der Waals surface area contributed by atoms with Gasteiger partial charge in [-0.2, -0.15) is 5.21 Å².